The van der Waals surface area contributed by atoms with Crippen LogP contribution in [0.2, 0.25) is 0 Å². The number of ether oxygens (including phenoxy) is 1. The molecule has 0 spiro atoms. The van der Waals surface area contributed by atoms with Crippen LogP contribution in [-0.2, 0) is 17.8 Å². The van der Waals surface area contributed by atoms with Crippen LogP contribution in [0, 0.1) is 17.2 Å². The number of anilines is 2. The third kappa shape index (κ3) is 6.08. The first kappa shape index (κ1) is 29.5. The zero-order valence-electron chi connectivity index (χ0n) is 26.1. The first-order valence-electron chi connectivity index (χ1n) is 16.7. The van der Waals surface area contributed by atoms with E-state index in [4.69, 9.17) is 14.7 Å². The van der Waals surface area contributed by atoms with Crippen molar-refractivity contribution in [3.63, 3.8) is 0 Å². The van der Waals surface area contributed by atoms with Crippen LogP contribution >= 0.6 is 0 Å². The largest absolute Gasteiger partial charge is 0.463 e. The molecular weight excluding hydrogens is 562 g/mol. The van der Waals surface area contributed by atoms with E-state index in [2.05, 4.69) is 69.8 Å². The number of nitriles is 1. The number of benzene rings is 2. The normalized spacial score (nSPS) is 23.6. The number of carbonyl (C=O) groups is 1. The fourth-order valence-electron chi connectivity index (χ4n) is 7.97. The number of amides is 1. The standard InChI is InChI=1S/C36H43N7O2/c1-2-34(44)43-21-20-42(23-29(43)14-16-37)35-31-15-19-41(33-11-7-9-27-8-3-4-10-30(27)33)24-32(31)38-36(39-35)45-25-26-12-13-28(22-26)40-17-5-6-18-40/h2-4,7-11,26,28-29H,1,5-6,12-15,17-25H2. The summed E-state index contributed by atoms with van der Waals surface area (Å²) in [6, 6.07) is 18.2. The fourth-order valence-corrected chi connectivity index (χ4v) is 7.97. The summed E-state index contributed by atoms with van der Waals surface area (Å²) < 4.78 is 6.44. The Hall–Kier alpha value is -4.16. The van der Waals surface area contributed by atoms with E-state index in [-0.39, 0.29) is 18.4 Å². The van der Waals surface area contributed by atoms with Crippen molar-refractivity contribution in [2.75, 3.05) is 55.7 Å². The molecule has 3 aliphatic heterocycles. The SMILES string of the molecule is C=CC(=O)N1CCN(c2nc(OCC3CCC(N4CCCC4)C3)nc3c2CCN(c2cccc4ccccc24)C3)CC1CC#N. The Morgan fingerprint density at radius 1 is 1.02 bits per heavy atom. The van der Waals surface area contributed by atoms with E-state index in [0.29, 0.717) is 50.8 Å². The third-order valence-electron chi connectivity index (χ3n) is 10.3. The van der Waals surface area contributed by atoms with Crippen molar-refractivity contribution >= 4 is 28.2 Å². The summed E-state index contributed by atoms with van der Waals surface area (Å²) in [6.45, 7) is 10.0. The third-order valence-corrected chi connectivity index (χ3v) is 10.3. The van der Waals surface area contributed by atoms with Gasteiger partial charge in [-0.1, -0.05) is 43.0 Å². The Labute approximate surface area is 266 Å². The molecule has 0 bridgehead atoms. The highest BCUT2D eigenvalue weighted by Crippen LogP contribution is 2.36. The van der Waals surface area contributed by atoms with Crippen molar-refractivity contribution < 1.29 is 9.53 Å². The molecule has 7 rings (SSSR count). The van der Waals surface area contributed by atoms with Crippen LogP contribution in [0.4, 0.5) is 11.5 Å². The van der Waals surface area contributed by atoms with Gasteiger partial charge in [-0.05, 0) is 75.1 Å². The summed E-state index contributed by atoms with van der Waals surface area (Å²) in [5.74, 6) is 1.28. The molecule has 1 aromatic heterocycles. The molecule has 4 heterocycles. The molecule has 45 heavy (non-hydrogen) atoms. The van der Waals surface area contributed by atoms with Crippen LogP contribution in [0.5, 0.6) is 6.01 Å². The molecule has 3 aromatic rings. The van der Waals surface area contributed by atoms with E-state index in [0.717, 1.165) is 30.0 Å². The molecule has 9 heteroatoms. The Kier molecular flexibility index (Phi) is 8.57. The monoisotopic (exact) mass is 605 g/mol. The lowest BCUT2D eigenvalue weighted by Gasteiger charge is -2.42. The summed E-state index contributed by atoms with van der Waals surface area (Å²) in [4.78, 5) is 31.8. The first-order valence-corrected chi connectivity index (χ1v) is 16.7. The Morgan fingerprint density at radius 3 is 2.71 bits per heavy atom. The van der Waals surface area contributed by atoms with Gasteiger partial charge in [-0.15, -0.1) is 0 Å². The molecule has 1 amide bonds. The van der Waals surface area contributed by atoms with Gasteiger partial charge in [-0.2, -0.15) is 15.2 Å². The molecule has 1 saturated carbocycles. The van der Waals surface area contributed by atoms with Gasteiger partial charge in [0.15, 0.2) is 0 Å². The van der Waals surface area contributed by atoms with Gasteiger partial charge in [0, 0.05) is 48.9 Å². The van der Waals surface area contributed by atoms with Gasteiger partial charge in [-0.3, -0.25) is 4.79 Å². The van der Waals surface area contributed by atoms with Crippen LogP contribution < -0.4 is 14.5 Å². The van der Waals surface area contributed by atoms with Gasteiger partial charge in [0.1, 0.15) is 5.82 Å². The van der Waals surface area contributed by atoms with Crippen LogP contribution in [-0.4, -0.2) is 83.6 Å². The molecule has 2 saturated heterocycles. The number of fused-ring (bicyclic) bond motifs is 2. The van der Waals surface area contributed by atoms with Crippen molar-refractivity contribution in [1.29, 1.82) is 5.26 Å². The maximum atomic E-state index is 12.6. The lowest BCUT2D eigenvalue weighted by Crippen LogP contribution is -2.55. The summed E-state index contributed by atoms with van der Waals surface area (Å²) in [7, 11) is 0. The lowest BCUT2D eigenvalue weighted by molar-refractivity contribution is -0.128. The maximum Gasteiger partial charge on any atom is 0.318 e. The predicted octanol–water partition coefficient (Wildman–Crippen LogP) is 4.95. The molecule has 1 aliphatic carbocycles. The number of hydrogen-bond donors (Lipinski definition) is 0. The highest BCUT2D eigenvalue weighted by molar-refractivity contribution is 5.94. The van der Waals surface area contributed by atoms with Crippen molar-refractivity contribution in [2.24, 2.45) is 5.92 Å². The van der Waals surface area contributed by atoms with E-state index in [9.17, 15) is 10.1 Å². The highest BCUT2D eigenvalue weighted by Gasteiger charge is 2.34. The summed E-state index contributed by atoms with van der Waals surface area (Å²) in [6.07, 6.45) is 8.68. The van der Waals surface area contributed by atoms with Crippen LogP contribution in [0.25, 0.3) is 10.8 Å². The number of likely N-dealkylation sites (tertiary alicyclic amines) is 1. The van der Waals surface area contributed by atoms with Crippen molar-refractivity contribution in [3.8, 4) is 12.1 Å². The zero-order valence-corrected chi connectivity index (χ0v) is 26.1. The average molecular weight is 606 g/mol. The number of aromatic nitrogens is 2. The van der Waals surface area contributed by atoms with Gasteiger partial charge in [0.05, 0.1) is 37.4 Å². The lowest BCUT2D eigenvalue weighted by atomic mass is 10.0. The molecular formula is C36H43N7O2. The van der Waals surface area contributed by atoms with Gasteiger partial charge in [0.25, 0.3) is 0 Å². The molecule has 0 N–H and O–H groups in total. The Bertz CT molecular complexity index is 1590. The van der Waals surface area contributed by atoms with Crippen molar-refractivity contribution in [3.05, 3.63) is 66.4 Å². The topological polar surface area (TPSA) is 88.8 Å². The van der Waals surface area contributed by atoms with Gasteiger partial charge < -0.3 is 24.3 Å². The Balaban J connectivity index is 1.16. The maximum absolute atomic E-state index is 12.6. The smallest absolute Gasteiger partial charge is 0.318 e. The predicted molar refractivity (Wildman–Crippen MR) is 176 cm³/mol. The number of piperazine rings is 1. The zero-order chi connectivity index (χ0) is 30.8. The highest BCUT2D eigenvalue weighted by atomic mass is 16.5. The molecule has 3 fully saturated rings. The van der Waals surface area contributed by atoms with Crippen LogP contribution in [0.1, 0.15) is 49.8 Å². The summed E-state index contributed by atoms with van der Waals surface area (Å²) >= 11 is 0. The molecule has 4 aliphatic rings. The quantitative estimate of drug-likeness (QED) is 0.333. The second-order valence-corrected chi connectivity index (χ2v) is 13.0. The first-order chi connectivity index (χ1) is 22.1. The minimum Gasteiger partial charge on any atom is -0.463 e. The van der Waals surface area contributed by atoms with Gasteiger partial charge >= 0.3 is 6.01 Å². The van der Waals surface area contributed by atoms with E-state index >= 15 is 0 Å². The second kappa shape index (κ2) is 13.1. The average Bonchev–Trinajstić information content (AvgIpc) is 3.79. The van der Waals surface area contributed by atoms with E-state index < -0.39 is 0 Å². The molecule has 234 valence electrons. The molecule has 2 aromatic carbocycles. The minimum atomic E-state index is -0.221. The van der Waals surface area contributed by atoms with Crippen molar-refractivity contribution in [2.45, 2.75) is 63.6 Å². The molecule has 0 radical (unpaired) electrons. The number of hydrogen-bond acceptors (Lipinski definition) is 8. The minimum absolute atomic E-state index is 0.127. The van der Waals surface area contributed by atoms with E-state index in [1.807, 2.05) is 0 Å². The van der Waals surface area contributed by atoms with E-state index in [1.165, 1.54) is 67.7 Å². The number of nitrogens with zero attached hydrogens (tertiary/aromatic N) is 7. The molecule has 3 unspecified atom stereocenters. The van der Waals surface area contributed by atoms with Gasteiger partial charge in [-0.25, -0.2) is 0 Å². The summed E-state index contributed by atoms with van der Waals surface area (Å²) in [5, 5.41) is 12.0. The van der Waals surface area contributed by atoms with Crippen molar-refractivity contribution in [1.82, 2.24) is 19.8 Å². The van der Waals surface area contributed by atoms with Gasteiger partial charge in [0.2, 0.25) is 5.91 Å². The molecule has 9 nitrogen and oxygen atoms in total. The summed E-state index contributed by atoms with van der Waals surface area (Å²) in [5.41, 5.74) is 3.36. The number of rotatable bonds is 8. The fraction of sp³-hybridized carbons (Fsp3) is 0.500. The Morgan fingerprint density at radius 2 is 1.87 bits per heavy atom. The number of carbonyl (C=O) groups excluding carboxylic acids is 1. The van der Waals surface area contributed by atoms with Crippen LogP contribution in [0.15, 0.2) is 55.1 Å². The van der Waals surface area contributed by atoms with Crippen LogP contribution in [0.3, 0.4) is 0 Å². The van der Waals surface area contributed by atoms with E-state index in [1.54, 1.807) is 4.90 Å². The molecule has 3 atom stereocenters. The second-order valence-electron chi connectivity index (χ2n) is 13.0.